The third-order valence-corrected chi connectivity index (χ3v) is 5.95. The van der Waals surface area contributed by atoms with Gasteiger partial charge in [-0.2, -0.15) is 0 Å². The summed E-state index contributed by atoms with van der Waals surface area (Å²) in [6.45, 7) is 10.2. The van der Waals surface area contributed by atoms with Crippen molar-refractivity contribution in [1.82, 2.24) is 14.5 Å². The summed E-state index contributed by atoms with van der Waals surface area (Å²) in [4.78, 5) is 32.6. The van der Waals surface area contributed by atoms with E-state index in [0.29, 0.717) is 18.2 Å². The molecule has 0 spiro atoms. The third-order valence-electron chi connectivity index (χ3n) is 5.95. The minimum absolute atomic E-state index is 0.0485. The van der Waals surface area contributed by atoms with E-state index >= 15 is 0 Å². The van der Waals surface area contributed by atoms with Crippen molar-refractivity contribution in [1.29, 1.82) is 0 Å². The van der Waals surface area contributed by atoms with Gasteiger partial charge >= 0.3 is 0 Å². The van der Waals surface area contributed by atoms with Gasteiger partial charge in [-0.1, -0.05) is 6.07 Å². The Morgan fingerprint density at radius 3 is 2.53 bits per heavy atom. The average molecular weight is 458 g/mol. The van der Waals surface area contributed by atoms with Crippen LogP contribution in [0.4, 0.5) is 11.5 Å². The van der Waals surface area contributed by atoms with Gasteiger partial charge in [0.15, 0.2) is 0 Å². The summed E-state index contributed by atoms with van der Waals surface area (Å²) in [6, 6.07) is 12.4. The van der Waals surface area contributed by atoms with E-state index in [4.69, 9.17) is 0 Å². The maximum atomic E-state index is 12.4. The highest BCUT2D eigenvalue weighted by Crippen LogP contribution is 2.32. The smallest absolute Gasteiger partial charge is 0.270 e. The second-order valence-electron chi connectivity index (χ2n) is 8.57. The molecule has 0 aliphatic heterocycles. The number of aryl methyl sites for hydroxylation is 4. The van der Waals surface area contributed by atoms with E-state index in [9.17, 15) is 14.9 Å². The molecule has 4 aromatic rings. The molecular weight excluding hydrogens is 430 g/mol. The molecular formula is C26H27N5O3. The highest BCUT2D eigenvalue weighted by Gasteiger charge is 2.16. The molecule has 1 atom stereocenters. The number of benzene rings is 2. The Bertz CT molecular complexity index is 1480. The largest absolute Gasteiger partial charge is 0.363 e. The minimum atomic E-state index is -0.380. The molecule has 34 heavy (non-hydrogen) atoms. The molecule has 0 saturated heterocycles. The molecule has 0 amide bonds. The second-order valence-corrected chi connectivity index (χ2v) is 8.57. The minimum Gasteiger partial charge on any atom is -0.363 e. The van der Waals surface area contributed by atoms with Gasteiger partial charge in [0.1, 0.15) is 11.6 Å². The lowest BCUT2D eigenvalue weighted by atomic mass is 9.98. The van der Waals surface area contributed by atoms with Crippen LogP contribution in [0.25, 0.3) is 22.0 Å². The van der Waals surface area contributed by atoms with Gasteiger partial charge in [0.25, 0.3) is 11.2 Å². The van der Waals surface area contributed by atoms with Crippen LogP contribution in [0.3, 0.4) is 0 Å². The summed E-state index contributed by atoms with van der Waals surface area (Å²) in [6.07, 6.45) is 1.80. The number of nitrogens with one attached hydrogen (secondary N) is 1. The lowest BCUT2D eigenvalue weighted by molar-refractivity contribution is -0.385. The topological polar surface area (TPSA) is 103 Å². The molecule has 2 heterocycles. The van der Waals surface area contributed by atoms with Crippen LogP contribution in [0, 0.1) is 30.9 Å². The highest BCUT2D eigenvalue weighted by molar-refractivity contribution is 5.94. The van der Waals surface area contributed by atoms with Crippen LogP contribution in [0.5, 0.6) is 0 Å². The fourth-order valence-electron chi connectivity index (χ4n) is 4.19. The van der Waals surface area contributed by atoms with E-state index in [2.05, 4.69) is 15.3 Å². The molecule has 0 aliphatic carbocycles. The Labute approximate surface area is 197 Å². The third kappa shape index (κ3) is 4.52. The van der Waals surface area contributed by atoms with E-state index in [0.717, 1.165) is 38.7 Å². The number of nitro benzene ring substituents is 1. The van der Waals surface area contributed by atoms with Gasteiger partial charge in [0.2, 0.25) is 0 Å². The quantitative estimate of drug-likeness (QED) is 0.304. The molecule has 0 unspecified atom stereocenters. The average Bonchev–Trinajstić information content (AvgIpc) is 2.78. The van der Waals surface area contributed by atoms with E-state index in [-0.39, 0.29) is 22.2 Å². The number of hydrogen-bond acceptors (Lipinski definition) is 6. The lowest BCUT2D eigenvalue weighted by Gasteiger charge is -2.18. The van der Waals surface area contributed by atoms with Crippen molar-refractivity contribution in [3.05, 3.63) is 91.6 Å². The van der Waals surface area contributed by atoms with Crippen LogP contribution in [0.15, 0.2) is 53.5 Å². The van der Waals surface area contributed by atoms with Gasteiger partial charge in [0.05, 0.1) is 16.5 Å². The fraction of sp³-hybridized carbons (Fsp3) is 0.269. The SMILES string of the molecule is CCn1ccc(-c2cc3c(N[C@H](C)c4cc(C)cc([N+](=O)[O-])c4)nc(C)nc3cc2C)cc1=O. The van der Waals surface area contributed by atoms with E-state index in [1.165, 1.54) is 0 Å². The first kappa shape index (κ1) is 23.1. The molecule has 4 rings (SSSR count). The summed E-state index contributed by atoms with van der Waals surface area (Å²) in [5, 5.41) is 15.6. The number of fused-ring (bicyclic) bond motifs is 1. The van der Waals surface area contributed by atoms with E-state index in [1.807, 2.05) is 58.9 Å². The Morgan fingerprint density at radius 2 is 1.85 bits per heavy atom. The highest BCUT2D eigenvalue weighted by atomic mass is 16.6. The number of anilines is 1. The van der Waals surface area contributed by atoms with Crippen molar-refractivity contribution >= 4 is 22.4 Å². The number of hydrogen-bond donors (Lipinski definition) is 1. The monoisotopic (exact) mass is 457 g/mol. The van der Waals surface area contributed by atoms with Crippen LogP contribution in [-0.4, -0.2) is 19.5 Å². The van der Waals surface area contributed by atoms with Crippen molar-refractivity contribution in [3.63, 3.8) is 0 Å². The maximum Gasteiger partial charge on any atom is 0.270 e. The zero-order chi connectivity index (χ0) is 24.6. The van der Waals surface area contributed by atoms with Crippen LogP contribution in [0.2, 0.25) is 0 Å². The Balaban J connectivity index is 1.80. The normalized spacial score (nSPS) is 12.0. The maximum absolute atomic E-state index is 12.4. The number of nitrogens with zero attached hydrogens (tertiary/aromatic N) is 4. The van der Waals surface area contributed by atoms with E-state index in [1.54, 1.807) is 29.0 Å². The molecule has 0 saturated carbocycles. The predicted molar refractivity (Wildman–Crippen MR) is 134 cm³/mol. The molecule has 0 radical (unpaired) electrons. The van der Waals surface area contributed by atoms with Crippen LogP contribution in [0.1, 0.15) is 42.4 Å². The summed E-state index contributed by atoms with van der Waals surface area (Å²) in [5.74, 6) is 1.26. The number of non-ortho nitro benzene ring substituents is 1. The standard InChI is InChI=1S/C26H27N5O3/c1-6-30-8-7-19(13-25(30)32)22-14-23-24(11-16(22)3)28-18(5)29-26(23)27-17(4)20-9-15(2)10-21(12-20)31(33)34/h7-14,17H,6H2,1-5H3,(H,27,28,29)/t17-/m1/s1. The van der Waals surface area contributed by atoms with Gasteiger partial charge < -0.3 is 9.88 Å². The Hall–Kier alpha value is -4.07. The summed E-state index contributed by atoms with van der Waals surface area (Å²) in [5.41, 5.74) is 5.20. The van der Waals surface area contributed by atoms with E-state index < -0.39 is 0 Å². The first-order valence-electron chi connectivity index (χ1n) is 11.2. The van der Waals surface area contributed by atoms with Crippen molar-refractivity contribution in [2.24, 2.45) is 0 Å². The zero-order valence-electron chi connectivity index (χ0n) is 19.9. The van der Waals surface area contributed by atoms with Crippen LogP contribution in [-0.2, 0) is 6.54 Å². The molecule has 2 aromatic heterocycles. The van der Waals surface area contributed by atoms with Crippen molar-refractivity contribution < 1.29 is 4.92 Å². The van der Waals surface area contributed by atoms with Gasteiger partial charge in [0, 0.05) is 36.3 Å². The van der Waals surface area contributed by atoms with Crippen molar-refractivity contribution in [2.45, 2.75) is 47.2 Å². The number of aromatic nitrogens is 3. The Morgan fingerprint density at radius 1 is 1.09 bits per heavy atom. The molecule has 8 nitrogen and oxygen atoms in total. The molecule has 174 valence electrons. The van der Waals surface area contributed by atoms with Gasteiger partial charge in [-0.25, -0.2) is 9.97 Å². The molecule has 0 bridgehead atoms. The van der Waals surface area contributed by atoms with Crippen molar-refractivity contribution in [3.8, 4) is 11.1 Å². The fourth-order valence-corrected chi connectivity index (χ4v) is 4.19. The lowest BCUT2D eigenvalue weighted by Crippen LogP contribution is -2.17. The zero-order valence-corrected chi connectivity index (χ0v) is 19.9. The molecule has 2 aromatic carbocycles. The number of nitro groups is 1. The molecule has 0 aliphatic rings. The summed E-state index contributed by atoms with van der Waals surface area (Å²) < 4.78 is 1.65. The first-order chi connectivity index (χ1) is 16.2. The number of rotatable bonds is 6. The molecule has 0 fully saturated rings. The Kier molecular flexibility index (Phi) is 6.15. The van der Waals surface area contributed by atoms with Crippen LogP contribution < -0.4 is 10.9 Å². The summed E-state index contributed by atoms with van der Waals surface area (Å²) >= 11 is 0. The first-order valence-corrected chi connectivity index (χ1v) is 11.2. The van der Waals surface area contributed by atoms with Gasteiger partial charge in [-0.05, 0) is 80.6 Å². The van der Waals surface area contributed by atoms with Crippen molar-refractivity contribution in [2.75, 3.05) is 5.32 Å². The predicted octanol–water partition coefficient (Wildman–Crippen LogP) is 5.48. The van der Waals surface area contributed by atoms with Gasteiger partial charge in [-0.3, -0.25) is 14.9 Å². The van der Waals surface area contributed by atoms with Crippen LogP contribution >= 0.6 is 0 Å². The molecule has 8 heteroatoms. The van der Waals surface area contributed by atoms with Gasteiger partial charge in [-0.15, -0.1) is 0 Å². The second kappa shape index (κ2) is 9.05. The summed E-state index contributed by atoms with van der Waals surface area (Å²) in [7, 11) is 0. The molecule has 1 N–H and O–H groups in total. The number of pyridine rings is 1.